The van der Waals surface area contributed by atoms with Gasteiger partial charge < -0.3 is 10.6 Å². The van der Waals surface area contributed by atoms with E-state index >= 15 is 0 Å². The summed E-state index contributed by atoms with van der Waals surface area (Å²) < 4.78 is 0.920. The number of non-ortho nitro benzene ring substituents is 1. The van der Waals surface area contributed by atoms with E-state index in [2.05, 4.69) is 26.6 Å². The molecule has 126 valence electrons. The third-order valence-corrected chi connectivity index (χ3v) is 4.07. The molecule has 0 saturated carbocycles. The molecule has 0 bridgehead atoms. The van der Waals surface area contributed by atoms with E-state index in [4.69, 9.17) is 11.6 Å². The minimum Gasteiger partial charge on any atom is -0.384 e. The zero-order chi connectivity index (χ0) is 17.5. The quantitative estimate of drug-likeness (QED) is 0.405. The van der Waals surface area contributed by atoms with Gasteiger partial charge in [-0.2, -0.15) is 0 Å². The number of nitrogens with one attached hydrogen (secondary N) is 2. The van der Waals surface area contributed by atoms with Gasteiger partial charge in [0.05, 0.1) is 15.6 Å². The van der Waals surface area contributed by atoms with E-state index in [-0.39, 0.29) is 11.6 Å². The van der Waals surface area contributed by atoms with E-state index in [0.717, 1.165) is 4.47 Å². The van der Waals surface area contributed by atoms with Gasteiger partial charge >= 0.3 is 0 Å². The van der Waals surface area contributed by atoms with E-state index in [9.17, 15) is 14.9 Å². The first-order chi connectivity index (χ1) is 11.5. The maximum atomic E-state index is 11.9. The standard InChI is InChI=1S/C16H15BrClN3O3/c17-12-4-2-11(3-5-12)16(22)20-9-1-8-19-15-7-6-13(21(23)24)10-14(15)18/h2-7,10,19H,1,8-9H2,(H,20,22). The number of halogens is 2. The summed E-state index contributed by atoms with van der Waals surface area (Å²) in [6.45, 7) is 1.09. The largest absolute Gasteiger partial charge is 0.384 e. The fourth-order valence-corrected chi connectivity index (χ4v) is 2.48. The fraction of sp³-hybridized carbons (Fsp3) is 0.188. The molecule has 0 aliphatic rings. The van der Waals surface area contributed by atoms with Crippen LogP contribution in [0.5, 0.6) is 0 Å². The molecule has 0 radical (unpaired) electrons. The summed E-state index contributed by atoms with van der Waals surface area (Å²) in [5.41, 5.74) is 1.18. The lowest BCUT2D eigenvalue weighted by molar-refractivity contribution is -0.384. The Bertz CT molecular complexity index is 738. The summed E-state index contributed by atoms with van der Waals surface area (Å²) in [4.78, 5) is 22.1. The van der Waals surface area contributed by atoms with E-state index in [1.165, 1.54) is 12.1 Å². The number of nitro benzene ring substituents is 1. The molecule has 0 atom stereocenters. The normalized spacial score (nSPS) is 10.2. The van der Waals surface area contributed by atoms with Crippen molar-refractivity contribution >= 4 is 44.8 Å². The molecule has 2 rings (SSSR count). The summed E-state index contributed by atoms with van der Waals surface area (Å²) >= 11 is 9.31. The van der Waals surface area contributed by atoms with Gasteiger partial charge in [-0.3, -0.25) is 14.9 Å². The molecular weight excluding hydrogens is 398 g/mol. The average molecular weight is 413 g/mol. The third-order valence-electron chi connectivity index (χ3n) is 3.22. The first kappa shape index (κ1) is 18.2. The summed E-state index contributed by atoms with van der Waals surface area (Å²) in [7, 11) is 0. The van der Waals surface area contributed by atoms with Crippen molar-refractivity contribution in [3.63, 3.8) is 0 Å². The first-order valence-corrected chi connectivity index (χ1v) is 8.36. The molecule has 24 heavy (non-hydrogen) atoms. The van der Waals surface area contributed by atoms with Crippen LogP contribution in [0.2, 0.25) is 5.02 Å². The Morgan fingerprint density at radius 1 is 1.17 bits per heavy atom. The van der Waals surface area contributed by atoms with Crippen molar-refractivity contribution in [3.8, 4) is 0 Å². The van der Waals surface area contributed by atoms with Crippen LogP contribution in [-0.2, 0) is 0 Å². The number of nitrogens with zero attached hydrogens (tertiary/aromatic N) is 1. The SMILES string of the molecule is O=C(NCCCNc1ccc([N+](=O)[O-])cc1Cl)c1ccc(Br)cc1. The molecule has 2 aromatic carbocycles. The Hall–Kier alpha value is -2.12. The molecule has 0 aromatic heterocycles. The second-order valence-corrected chi connectivity index (χ2v) is 6.29. The fourth-order valence-electron chi connectivity index (χ4n) is 1.98. The number of hydrogen-bond acceptors (Lipinski definition) is 4. The van der Waals surface area contributed by atoms with Crippen molar-refractivity contribution in [2.75, 3.05) is 18.4 Å². The van der Waals surface area contributed by atoms with Crippen LogP contribution in [0, 0.1) is 10.1 Å². The lowest BCUT2D eigenvalue weighted by Crippen LogP contribution is -2.25. The van der Waals surface area contributed by atoms with Gasteiger partial charge in [0.25, 0.3) is 11.6 Å². The van der Waals surface area contributed by atoms with E-state index in [1.54, 1.807) is 18.2 Å². The van der Waals surface area contributed by atoms with Crippen LogP contribution >= 0.6 is 27.5 Å². The number of anilines is 1. The molecule has 2 aromatic rings. The molecule has 1 amide bonds. The smallest absolute Gasteiger partial charge is 0.271 e. The third kappa shape index (κ3) is 5.21. The van der Waals surface area contributed by atoms with Gasteiger partial charge in [-0.05, 0) is 36.8 Å². The monoisotopic (exact) mass is 411 g/mol. The van der Waals surface area contributed by atoms with Crippen molar-refractivity contribution in [2.45, 2.75) is 6.42 Å². The van der Waals surface area contributed by atoms with Crippen molar-refractivity contribution in [3.05, 3.63) is 67.6 Å². The predicted molar refractivity (Wildman–Crippen MR) is 97.7 cm³/mol. The summed E-state index contributed by atoms with van der Waals surface area (Å²) in [5, 5.41) is 16.9. The second-order valence-electron chi connectivity index (χ2n) is 4.96. The predicted octanol–water partition coefficient (Wildman–Crippen LogP) is 4.24. The Morgan fingerprint density at radius 3 is 2.50 bits per heavy atom. The molecule has 0 unspecified atom stereocenters. The Kier molecular flexibility index (Phi) is 6.57. The van der Waals surface area contributed by atoms with Gasteiger partial charge in [0.2, 0.25) is 0 Å². The highest BCUT2D eigenvalue weighted by Gasteiger charge is 2.09. The van der Waals surface area contributed by atoms with Crippen LogP contribution < -0.4 is 10.6 Å². The first-order valence-electron chi connectivity index (χ1n) is 7.19. The Balaban J connectivity index is 1.74. The molecule has 0 aliphatic heterocycles. The van der Waals surface area contributed by atoms with Gasteiger partial charge in [-0.1, -0.05) is 27.5 Å². The van der Waals surface area contributed by atoms with Crippen LogP contribution in [0.3, 0.4) is 0 Å². The molecule has 0 spiro atoms. The zero-order valence-electron chi connectivity index (χ0n) is 12.6. The summed E-state index contributed by atoms with van der Waals surface area (Å²) in [6, 6.07) is 11.4. The van der Waals surface area contributed by atoms with Gasteiger partial charge in [0.15, 0.2) is 0 Å². The Labute approximate surface area is 152 Å². The maximum absolute atomic E-state index is 11.9. The minimum absolute atomic E-state index is 0.0488. The van der Waals surface area contributed by atoms with Gasteiger partial charge in [0, 0.05) is 35.3 Å². The van der Waals surface area contributed by atoms with Crippen LogP contribution in [0.25, 0.3) is 0 Å². The highest BCUT2D eigenvalue weighted by molar-refractivity contribution is 9.10. The number of nitro groups is 1. The zero-order valence-corrected chi connectivity index (χ0v) is 14.9. The highest BCUT2D eigenvalue weighted by atomic mass is 79.9. The molecule has 0 saturated heterocycles. The summed E-state index contributed by atoms with van der Waals surface area (Å²) in [6.07, 6.45) is 0.690. The molecule has 2 N–H and O–H groups in total. The number of carbonyl (C=O) groups is 1. The number of benzene rings is 2. The Morgan fingerprint density at radius 2 is 1.88 bits per heavy atom. The second kappa shape index (κ2) is 8.65. The van der Waals surface area contributed by atoms with Crippen molar-refractivity contribution < 1.29 is 9.72 Å². The number of amides is 1. The van der Waals surface area contributed by atoms with Crippen LogP contribution in [0.4, 0.5) is 11.4 Å². The van der Waals surface area contributed by atoms with Crippen LogP contribution in [0.15, 0.2) is 46.9 Å². The van der Waals surface area contributed by atoms with Crippen molar-refractivity contribution in [2.24, 2.45) is 0 Å². The van der Waals surface area contributed by atoms with Gasteiger partial charge in [-0.25, -0.2) is 0 Å². The number of rotatable bonds is 7. The van der Waals surface area contributed by atoms with Crippen LogP contribution in [-0.4, -0.2) is 23.9 Å². The highest BCUT2D eigenvalue weighted by Crippen LogP contribution is 2.26. The van der Waals surface area contributed by atoms with E-state index in [1.807, 2.05) is 12.1 Å². The maximum Gasteiger partial charge on any atom is 0.271 e. The minimum atomic E-state index is -0.493. The van der Waals surface area contributed by atoms with Crippen molar-refractivity contribution in [1.29, 1.82) is 0 Å². The molecule has 0 heterocycles. The topological polar surface area (TPSA) is 84.3 Å². The van der Waals surface area contributed by atoms with Crippen LogP contribution in [0.1, 0.15) is 16.8 Å². The average Bonchev–Trinajstić information content (AvgIpc) is 2.56. The van der Waals surface area contributed by atoms with Gasteiger partial charge in [-0.15, -0.1) is 0 Å². The lowest BCUT2D eigenvalue weighted by Gasteiger charge is -2.09. The van der Waals surface area contributed by atoms with E-state index in [0.29, 0.717) is 35.8 Å². The lowest BCUT2D eigenvalue weighted by atomic mass is 10.2. The molecule has 0 aliphatic carbocycles. The molecule has 0 fully saturated rings. The molecular formula is C16H15BrClN3O3. The summed E-state index contributed by atoms with van der Waals surface area (Å²) in [5.74, 6) is -0.129. The van der Waals surface area contributed by atoms with Crippen molar-refractivity contribution in [1.82, 2.24) is 5.32 Å². The molecule has 6 nitrogen and oxygen atoms in total. The number of hydrogen-bond donors (Lipinski definition) is 2. The van der Waals surface area contributed by atoms with E-state index < -0.39 is 4.92 Å². The number of carbonyl (C=O) groups excluding carboxylic acids is 1. The van der Waals surface area contributed by atoms with Gasteiger partial charge in [0.1, 0.15) is 0 Å². The molecule has 8 heteroatoms.